The first-order chi connectivity index (χ1) is 10.3. The number of benzene rings is 1. The molecule has 1 aromatic carbocycles. The van der Waals surface area contributed by atoms with Gasteiger partial charge < -0.3 is 10.1 Å². The Kier molecular flexibility index (Phi) is 5.81. The van der Waals surface area contributed by atoms with E-state index in [4.69, 9.17) is 4.74 Å². The highest BCUT2D eigenvalue weighted by Crippen LogP contribution is 2.30. The van der Waals surface area contributed by atoms with Gasteiger partial charge in [0, 0.05) is 18.2 Å². The van der Waals surface area contributed by atoms with E-state index in [1.165, 1.54) is 5.56 Å². The third-order valence-corrected chi connectivity index (χ3v) is 3.50. The lowest BCUT2D eigenvalue weighted by Gasteiger charge is -2.20. The zero-order valence-electron chi connectivity index (χ0n) is 13.2. The number of aryl methyl sites for hydroxylation is 1. The summed E-state index contributed by atoms with van der Waals surface area (Å²) < 4.78 is 7.90. The van der Waals surface area contributed by atoms with Crippen molar-refractivity contribution in [2.75, 3.05) is 6.54 Å². The highest BCUT2D eigenvalue weighted by molar-refractivity contribution is 5.38. The Labute approximate surface area is 127 Å². The van der Waals surface area contributed by atoms with Gasteiger partial charge in [-0.15, -0.1) is 0 Å². The van der Waals surface area contributed by atoms with E-state index in [0.29, 0.717) is 6.04 Å². The molecule has 0 aliphatic rings. The van der Waals surface area contributed by atoms with Gasteiger partial charge in [0.25, 0.3) is 0 Å². The normalized spacial score (nSPS) is 12.3. The van der Waals surface area contributed by atoms with Crippen LogP contribution in [0, 0.1) is 0 Å². The van der Waals surface area contributed by atoms with E-state index in [1.54, 1.807) is 6.20 Å². The molecule has 1 aromatic heterocycles. The van der Waals surface area contributed by atoms with E-state index < -0.39 is 0 Å². The minimum absolute atomic E-state index is 0.322. The summed E-state index contributed by atoms with van der Waals surface area (Å²) in [7, 11) is 0. The molecule has 0 bridgehead atoms. The maximum absolute atomic E-state index is 6.03. The van der Waals surface area contributed by atoms with E-state index in [9.17, 15) is 0 Å². The number of aromatic nitrogens is 2. The number of para-hydroxylation sites is 1. The lowest BCUT2D eigenvalue weighted by atomic mass is 10.0. The van der Waals surface area contributed by atoms with E-state index in [-0.39, 0.29) is 0 Å². The molecule has 1 N–H and O–H groups in total. The van der Waals surface area contributed by atoms with Crippen LogP contribution in [0.5, 0.6) is 11.5 Å². The van der Waals surface area contributed by atoms with Crippen molar-refractivity contribution in [2.24, 2.45) is 0 Å². The second-order valence-electron chi connectivity index (χ2n) is 5.09. The summed E-state index contributed by atoms with van der Waals surface area (Å²) in [6.45, 7) is 8.30. The van der Waals surface area contributed by atoms with Gasteiger partial charge in [0.2, 0.25) is 0 Å². The molecule has 0 radical (unpaired) electrons. The highest BCUT2D eigenvalue weighted by Gasteiger charge is 2.14. The van der Waals surface area contributed by atoms with Gasteiger partial charge in [0.1, 0.15) is 5.75 Å². The minimum atomic E-state index is 0.322. The fourth-order valence-electron chi connectivity index (χ4n) is 2.35. The van der Waals surface area contributed by atoms with Crippen molar-refractivity contribution < 1.29 is 4.74 Å². The van der Waals surface area contributed by atoms with Crippen LogP contribution in [-0.4, -0.2) is 16.3 Å². The average molecular weight is 287 g/mol. The van der Waals surface area contributed by atoms with Gasteiger partial charge in [-0.25, -0.2) is 0 Å². The fourth-order valence-corrected chi connectivity index (χ4v) is 2.35. The topological polar surface area (TPSA) is 39.1 Å². The van der Waals surface area contributed by atoms with Crippen molar-refractivity contribution in [3.8, 4) is 11.5 Å². The van der Waals surface area contributed by atoms with Crippen molar-refractivity contribution in [3.05, 3.63) is 42.2 Å². The van der Waals surface area contributed by atoms with Crippen LogP contribution in [0.25, 0.3) is 0 Å². The summed E-state index contributed by atoms with van der Waals surface area (Å²) in [5.74, 6) is 1.69. The Bertz CT molecular complexity index is 550. The van der Waals surface area contributed by atoms with Crippen LogP contribution < -0.4 is 10.1 Å². The minimum Gasteiger partial charge on any atom is -0.454 e. The predicted molar refractivity (Wildman–Crippen MR) is 85.7 cm³/mol. The summed E-state index contributed by atoms with van der Waals surface area (Å²) >= 11 is 0. The molecular formula is C17H25N3O. The summed E-state index contributed by atoms with van der Waals surface area (Å²) in [6, 6.07) is 8.55. The molecule has 21 heavy (non-hydrogen) atoms. The molecule has 0 saturated heterocycles. The van der Waals surface area contributed by atoms with Crippen molar-refractivity contribution >= 4 is 0 Å². The monoisotopic (exact) mass is 287 g/mol. The van der Waals surface area contributed by atoms with Crippen LogP contribution in [-0.2, 0) is 6.54 Å². The van der Waals surface area contributed by atoms with E-state index in [1.807, 2.05) is 23.0 Å². The van der Waals surface area contributed by atoms with Crippen LogP contribution in [0.3, 0.4) is 0 Å². The molecule has 1 atom stereocenters. The number of hydrogen-bond donors (Lipinski definition) is 1. The lowest BCUT2D eigenvalue weighted by Crippen LogP contribution is -2.21. The quantitative estimate of drug-likeness (QED) is 0.793. The Morgan fingerprint density at radius 2 is 2.05 bits per heavy atom. The van der Waals surface area contributed by atoms with Crippen LogP contribution in [0.1, 0.15) is 45.2 Å². The second-order valence-corrected chi connectivity index (χ2v) is 5.09. The molecule has 0 aliphatic carbocycles. The first-order valence-electron chi connectivity index (χ1n) is 7.81. The van der Waals surface area contributed by atoms with Crippen LogP contribution in [0.2, 0.25) is 0 Å². The van der Waals surface area contributed by atoms with E-state index in [2.05, 4.69) is 43.3 Å². The van der Waals surface area contributed by atoms with Crippen LogP contribution in [0.4, 0.5) is 0 Å². The van der Waals surface area contributed by atoms with Gasteiger partial charge in [-0.3, -0.25) is 4.68 Å². The largest absolute Gasteiger partial charge is 0.454 e. The van der Waals surface area contributed by atoms with Gasteiger partial charge in [0.15, 0.2) is 5.75 Å². The molecule has 2 rings (SSSR count). The van der Waals surface area contributed by atoms with Gasteiger partial charge in [-0.05, 0) is 32.4 Å². The Balaban J connectivity index is 2.18. The van der Waals surface area contributed by atoms with Crippen LogP contribution >= 0.6 is 0 Å². The molecule has 1 heterocycles. The molecule has 0 aliphatic heterocycles. The second kappa shape index (κ2) is 7.84. The van der Waals surface area contributed by atoms with Gasteiger partial charge in [-0.1, -0.05) is 32.0 Å². The summed E-state index contributed by atoms with van der Waals surface area (Å²) in [5, 5.41) is 7.83. The maximum Gasteiger partial charge on any atom is 0.165 e. The number of ether oxygens (including phenoxy) is 1. The first kappa shape index (κ1) is 15.6. The van der Waals surface area contributed by atoms with Crippen molar-refractivity contribution in [1.29, 1.82) is 0 Å². The number of nitrogens with zero attached hydrogens (tertiary/aromatic N) is 2. The van der Waals surface area contributed by atoms with E-state index in [0.717, 1.165) is 37.4 Å². The molecule has 1 unspecified atom stereocenters. The SMILES string of the molecule is CCCNC(CC)c1ccccc1Oc1cnn(CC)c1. The average Bonchev–Trinajstić information content (AvgIpc) is 2.97. The fraction of sp³-hybridized carbons (Fsp3) is 0.471. The van der Waals surface area contributed by atoms with Crippen LogP contribution in [0.15, 0.2) is 36.7 Å². The third-order valence-electron chi connectivity index (χ3n) is 3.50. The summed E-state index contributed by atoms with van der Waals surface area (Å²) in [6.07, 6.45) is 5.86. The molecular weight excluding hydrogens is 262 g/mol. The lowest BCUT2D eigenvalue weighted by molar-refractivity contribution is 0.448. The molecule has 114 valence electrons. The zero-order chi connectivity index (χ0) is 15.1. The van der Waals surface area contributed by atoms with Crippen molar-refractivity contribution in [3.63, 3.8) is 0 Å². The Morgan fingerprint density at radius 3 is 2.71 bits per heavy atom. The molecule has 0 amide bonds. The number of hydrogen-bond acceptors (Lipinski definition) is 3. The van der Waals surface area contributed by atoms with Gasteiger partial charge >= 0.3 is 0 Å². The summed E-state index contributed by atoms with van der Waals surface area (Å²) in [5.41, 5.74) is 1.21. The molecule has 0 saturated carbocycles. The Morgan fingerprint density at radius 1 is 1.24 bits per heavy atom. The molecule has 4 heteroatoms. The number of rotatable bonds is 8. The molecule has 0 spiro atoms. The molecule has 4 nitrogen and oxygen atoms in total. The molecule has 0 fully saturated rings. The Hall–Kier alpha value is -1.81. The van der Waals surface area contributed by atoms with E-state index >= 15 is 0 Å². The van der Waals surface area contributed by atoms with Gasteiger partial charge in [-0.2, -0.15) is 5.10 Å². The highest BCUT2D eigenvalue weighted by atomic mass is 16.5. The number of nitrogens with one attached hydrogen (secondary N) is 1. The maximum atomic E-state index is 6.03. The first-order valence-corrected chi connectivity index (χ1v) is 7.81. The zero-order valence-corrected chi connectivity index (χ0v) is 13.2. The van der Waals surface area contributed by atoms with Crippen molar-refractivity contribution in [1.82, 2.24) is 15.1 Å². The third kappa shape index (κ3) is 4.08. The van der Waals surface area contributed by atoms with Gasteiger partial charge in [0.05, 0.1) is 12.4 Å². The standard InChI is InChI=1S/C17H25N3O/c1-4-11-18-16(5-2)15-9-7-8-10-17(15)21-14-12-19-20(6-3)13-14/h7-10,12-13,16,18H,4-6,11H2,1-3H3. The smallest absolute Gasteiger partial charge is 0.165 e. The predicted octanol–water partition coefficient (Wildman–Crippen LogP) is 4.15. The molecule has 2 aromatic rings. The van der Waals surface area contributed by atoms with Crippen molar-refractivity contribution in [2.45, 2.75) is 46.2 Å². The summed E-state index contributed by atoms with van der Waals surface area (Å²) in [4.78, 5) is 0.